The first kappa shape index (κ1) is 22.6. The minimum atomic E-state index is -0.244. The van der Waals surface area contributed by atoms with E-state index in [2.05, 4.69) is 4.57 Å². The van der Waals surface area contributed by atoms with Crippen molar-refractivity contribution in [3.05, 3.63) is 86.6 Å². The quantitative estimate of drug-likeness (QED) is 0.350. The zero-order valence-corrected chi connectivity index (χ0v) is 20.4. The van der Waals surface area contributed by atoms with Gasteiger partial charge in [-0.3, -0.25) is 9.48 Å². The van der Waals surface area contributed by atoms with Crippen molar-refractivity contribution in [1.29, 1.82) is 0 Å². The van der Waals surface area contributed by atoms with E-state index < -0.39 is 0 Å². The predicted molar refractivity (Wildman–Crippen MR) is 135 cm³/mol. The molecule has 1 saturated carbocycles. The van der Waals surface area contributed by atoms with Gasteiger partial charge >= 0.3 is 0 Å². The van der Waals surface area contributed by atoms with E-state index in [1.807, 2.05) is 66.5 Å². The standard InChI is InChI=1S/C27H29FN4OS/c1-19-25(26(33)32(30(19)2)21-13-7-4-8-14-21)29-27-31(17-20-11-5-3-6-12-20)24(18-34-27)22-15-9-10-16-23(22)28/h4,7-10,13-16,18,20H,3,5-6,11-12,17H2,1-2H3. The number of aromatic nitrogens is 3. The van der Waals surface area contributed by atoms with Crippen LogP contribution in [0.4, 0.5) is 10.1 Å². The first-order valence-electron chi connectivity index (χ1n) is 11.9. The molecule has 2 heterocycles. The number of hydrogen-bond acceptors (Lipinski definition) is 3. The first-order valence-corrected chi connectivity index (χ1v) is 12.7. The Balaban J connectivity index is 1.67. The van der Waals surface area contributed by atoms with E-state index >= 15 is 0 Å². The summed E-state index contributed by atoms with van der Waals surface area (Å²) in [5, 5.41) is 1.97. The summed E-state index contributed by atoms with van der Waals surface area (Å²) >= 11 is 1.46. The number of nitrogens with zero attached hydrogens (tertiary/aromatic N) is 4. The molecule has 1 fully saturated rings. The molecule has 0 spiro atoms. The smallest absolute Gasteiger partial charge is 0.297 e. The number of rotatable bonds is 5. The van der Waals surface area contributed by atoms with Crippen molar-refractivity contribution in [2.75, 3.05) is 0 Å². The average Bonchev–Trinajstić information content (AvgIpc) is 3.34. The van der Waals surface area contributed by atoms with Crippen LogP contribution in [0.2, 0.25) is 0 Å². The summed E-state index contributed by atoms with van der Waals surface area (Å²) in [4.78, 5) is 19.1. The van der Waals surface area contributed by atoms with Crippen molar-refractivity contribution < 1.29 is 4.39 Å². The monoisotopic (exact) mass is 476 g/mol. The van der Waals surface area contributed by atoms with Crippen molar-refractivity contribution in [2.45, 2.75) is 45.6 Å². The van der Waals surface area contributed by atoms with Gasteiger partial charge in [-0.05, 0) is 49.9 Å². The zero-order chi connectivity index (χ0) is 23.7. The van der Waals surface area contributed by atoms with Gasteiger partial charge in [0.2, 0.25) is 0 Å². The average molecular weight is 477 g/mol. The minimum absolute atomic E-state index is 0.156. The lowest BCUT2D eigenvalue weighted by molar-refractivity contribution is 0.318. The molecule has 7 heteroatoms. The summed E-state index contributed by atoms with van der Waals surface area (Å²) in [6, 6.07) is 16.5. The lowest BCUT2D eigenvalue weighted by Crippen LogP contribution is -2.23. The third-order valence-electron chi connectivity index (χ3n) is 6.84. The van der Waals surface area contributed by atoms with E-state index in [4.69, 9.17) is 4.99 Å². The minimum Gasteiger partial charge on any atom is -0.316 e. The van der Waals surface area contributed by atoms with Gasteiger partial charge in [0.25, 0.3) is 5.56 Å². The fourth-order valence-electron chi connectivity index (χ4n) is 4.89. The Labute approximate surface area is 202 Å². The van der Waals surface area contributed by atoms with Crippen LogP contribution in [0.25, 0.3) is 16.9 Å². The molecule has 0 amide bonds. The van der Waals surface area contributed by atoms with Crippen LogP contribution in [-0.2, 0) is 13.6 Å². The third-order valence-corrected chi connectivity index (χ3v) is 7.71. The summed E-state index contributed by atoms with van der Waals surface area (Å²) in [5.74, 6) is 0.289. The number of para-hydroxylation sites is 1. The Morgan fingerprint density at radius 3 is 2.47 bits per heavy atom. The van der Waals surface area contributed by atoms with E-state index in [0.29, 0.717) is 17.2 Å². The van der Waals surface area contributed by atoms with Gasteiger partial charge in [-0.1, -0.05) is 49.6 Å². The second kappa shape index (κ2) is 9.58. The number of hydrogen-bond donors (Lipinski definition) is 0. The Hall–Kier alpha value is -3.19. The Kier molecular flexibility index (Phi) is 6.37. The van der Waals surface area contributed by atoms with Gasteiger partial charge in [0.05, 0.1) is 17.1 Å². The summed E-state index contributed by atoms with van der Waals surface area (Å²) in [5.41, 5.74) is 3.25. The van der Waals surface area contributed by atoms with Crippen molar-refractivity contribution in [3.63, 3.8) is 0 Å². The Bertz CT molecular complexity index is 1420. The zero-order valence-electron chi connectivity index (χ0n) is 19.6. The van der Waals surface area contributed by atoms with E-state index in [-0.39, 0.29) is 11.4 Å². The highest BCUT2D eigenvalue weighted by Crippen LogP contribution is 2.29. The van der Waals surface area contributed by atoms with E-state index in [1.54, 1.807) is 10.7 Å². The van der Waals surface area contributed by atoms with Crippen LogP contribution in [0.15, 0.2) is 69.8 Å². The van der Waals surface area contributed by atoms with Crippen LogP contribution in [-0.4, -0.2) is 13.9 Å². The molecular formula is C27H29FN4OS. The molecule has 0 unspecified atom stereocenters. The molecule has 0 bridgehead atoms. The molecule has 2 aromatic heterocycles. The highest BCUT2D eigenvalue weighted by molar-refractivity contribution is 7.07. The maximum absolute atomic E-state index is 14.7. The van der Waals surface area contributed by atoms with Gasteiger partial charge in [-0.15, -0.1) is 11.3 Å². The SMILES string of the molecule is Cc1c(N=c2scc(-c3ccccc3F)n2CC2CCCCC2)c(=O)n(-c2ccccc2)n1C. The third kappa shape index (κ3) is 4.20. The van der Waals surface area contributed by atoms with Crippen LogP contribution in [0.5, 0.6) is 0 Å². The summed E-state index contributed by atoms with van der Waals surface area (Å²) in [7, 11) is 1.87. The number of thiazole rings is 1. The largest absolute Gasteiger partial charge is 0.316 e. The highest BCUT2D eigenvalue weighted by Gasteiger charge is 2.20. The summed E-state index contributed by atoms with van der Waals surface area (Å²) in [6.45, 7) is 2.70. The molecule has 176 valence electrons. The fourth-order valence-corrected chi connectivity index (χ4v) is 5.80. The molecular weight excluding hydrogens is 447 g/mol. The Morgan fingerprint density at radius 1 is 1.03 bits per heavy atom. The van der Waals surface area contributed by atoms with E-state index in [9.17, 15) is 9.18 Å². The predicted octanol–water partition coefficient (Wildman–Crippen LogP) is 5.97. The molecule has 1 aliphatic carbocycles. The molecule has 4 aromatic rings. The van der Waals surface area contributed by atoms with Gasteiger partial charge in [0.1, 0.15) is 5.82 Å². The van der Waals surface area contributed by atoms with Gasteiger partial charge in [0, 0.05) is 24.5 Å². The van der Waals surface area contributed by atoms with Crippen LogP contribution in [0.3, 0.4) is 0 Å². The van der Waals surface area contributed by atoms with Crippen LogP contribution < -0.4 is 10.4 Å². The van der Waals surface area contributed by atoms with Gasteiger partial charge in [-0.2, -0.15) is 0 Å². The van der Waals surface area contributed by atoms with E-state index in [1.165, 1.54) is 49.5 Å². The van der Waals surface area contributed by atoms with Crippen molar-refractivity contribution in [1.82, 2.24) is 13.9 Å². The van der Waals surface area contributed by atoms with Gasteiger partial charge in [0.15, 0.2) is 10.5 Å². The van der Waals surface area contributed by atoms with Crippen LogP contribution in [0, 0.1) is 18.7 Å². The maximum Gasteiger partial charge on any atom is 0.297 e. The second-order valence-corrected chi connectivity index (χ2v) is 9.86. The fraction of sp³-hybridized carbons (Fsp3) is 0.333. The van der Waals surface area contributed by atoms with Crippen LogP contribution in [0.1, 0.15) is 37.8 Å². The Morgan fingerprint density at radius 2 is 1.74 bits per heavy atom. The van der Waals surface area contributed by atoms with E-state index in [0.717, 1.165) is 28.4 Å². The molecule has 0 aliphatic heterocycles. The molecule has 0 atom stereocenters. The van der Waals surface area contributed by atoms with Crippen LogP contribution >= 0.6 is 11.3 Å². The van der Waals surface area contributed by atoms with Gasteiger partial charge < -0.3 is 4.57 Å². The van der Waals surface area contributed by atoms with Crippen molar-refractivity contribution in [3.8, 4) is 16.9 Å². The molecule has 5 rings (SSSR count). The molecule has 0 saturated heterocycles. The lowest BCUT2D eigenvalue weighted by Gasteiger charge is -2.23. The molecule has 0 N–H and O–H groups in total. The second-order valence-electron chi connectivity index (χ2n) is 9.02. The molecule has 2 aromatic carbocycles. The highest BCUT2D eigenvalue weighted by atomic mass is 32.1. The molecule has 5 nitrogen and oxygen atoms in total. The summed E-state index contributed by atoms with van der Waals surface area (Å²) < 4.78 is 20.4. The van der Waals surface area contributed by atoms with Gasteiger partial charge in [-0.25, -0.2) is 14.1 Å². The first-order chi connectivity index (χ1) is 16.5. The number of benzene rings is 2. The normalized spacial score (nSPS) is 15.2. The summed E-state index contributed by atoms with van der Waals surface area (Å²) in [6.07, 6.45) is 6.09. The molecule has 1 aliphatic rings. The molecule has 0 radical (unpaired) electrons. The number of halogens is 1. The lowest BCUT2D eigenvalue weighted by atomic mass is 9.89. The van der Waals surface area contributed by atoms with Crippen molar-refractivity contribution >= 4 is 17.0 Å². The topological polar surface area (TPSA) is 44.2 Å². The molecule has 34 heavy (non-hydrogen) atoms. The van der Waals surface area contributed by atoms with Crippen molar-refractivity contribution in [2.24, 2.45) is 18.0 Å². The maximum atomic E-state index is 14.7.